The Morgan fingerprint density at radius 2 is 0.581 bits per heavy atom. The topological polar surface area (TPSA) is 19.4 Å². The van der Waals surface area contributed by atoms with Crippen molar-refractivity contribution < 1.29 is 8.78 Å². The van der Waals surface area contributed by atoms with Crippen LogP contribution in [0.25, 0.3) is 0 Å². The lowest BCUT2D eigenvalue weighted by atomic mass is 9.81. The fourth-order valence-corrected chi connectivity index (χ4v) is 20.5. The van der Waals surface area contributed by atoms with Gasteiger partial charge in [-0.25, -0.2) is 8.78 Å². The Balaban J connectivity index is 0.000000160. The molecule has 6 unspecified atom stereocenters. The number of nitrogens with zero attached hydrogens (tertiary/aromatic N) is 6. The van der Waals surface area contributed by atoms with Crippen LogP contribution >= 0.6 is 0 Å². The van der Waals surface area contributed by atoms with Crippen molar-refractivity contribution in [2.75, 3.05) is 39.3 Å². The monoisotopic (exact) mass is 1600 g/mol. The van der Waals surface area contributed by atoms with E-state index in [0.29, 0.717) is 30.2 Å². The summed E-state index contributed by atoms with van der Waals surface area (Å²) >= 11 is 0. The normalized spacial score (nSPS) is 21.7. The zero-order chi connectivity index (χ0) is 85.5. The van der Waals surface area contributed by atoms with Gasteiger partial charge in [-0.15, -0.1) is 0 Å². The summed E-state index contributed by atoms with van der Waals surface area (Å²) < 4.78 is 27.5. The summed E-state index contributed by atoms with van der Waals surface area (Å²) in [6.07, 6.45) is 25.5. The van der Waals surface area contributed by atoms with Crippen molar-refractivity contribution in [2.45, 2.75) is 382 Å². The first-order chi connectivity index (χ1) is 55.0. The highest BCUT2D eigenvalue weighted by atomic mass is 19.3. The van der Waals surface area contributed by atoms with Crippen LogP contribution in [0.3, 0.4) is 0 Å². The van der Waals surface area contributed by atoms with Gasteiger partial charge in [0.25, 0.3) is 5.92 Å². The number of halogens is 2. The maximum Gasteiger partial charge on any atom is 0.270 e. The predicted octanol–water partition coefficient (Wildman–Crippen LogP) is 29.2. The Hall–Kier alpha value is -5.84. The van der Waals surface area contributed by atoms with Crippen molar-refractivity contribution in [3.63, 3.8) is 0 Å². The second kappa shape index (κ2) is 41.4. The summed E-state index contributed by atoms with van der Waals surface area (Å²) in [4.78, 5) is 15.8. The predicted molar refractivity (Wildman–Crippen MR) is 500 cm³/mol. The lowest BCUT2D eigenvalue weighted by Crippen LogP contribution is -2.41. The van der Waals surface area contributed by atoms with Crippen LogP contribution in [0.1, 0.15) is 384 Å². The summed E-state index contributed by atoms with van der Waals surface area (Å²) in [5, 5.41) is 0. The van der Waals surface area contributed by atoms with Gasteiger partial charge in [0.1, 0.15) is 0 Å². The molecule has 0 amide bonds. The van der Waals surface area contributed by atoms with Crippen molar-refractivity contribution >= 4 is 0 Å². The molecule has 6 saturated heterocycles. The van der Waals surface area contributed by atoms with Crippen LogP contribution in [0.4, 0.5) is 8.78 Å². The van der Waals surface area contributed by atoms with Gasteiger partial charge in [0.15, 0.2) is 0 Å². The summed E-state index contributed by atoms with van der Waals surface area (Å²) in [6.45, 7) is 63.6. The van der Waals surface area contributed by atoms with Crippen LogP contribution in [0.15, 0.2) is 176 Å². The van der Waals surface area contributed by atoms with Crippen LogP contribution in [-0.4, -0.2) is 102 Å². The Morgan fingerprint density at radius 1 is 0.308 bits per heavy atom. The van der Waals surface area contributed by atoms with E-state index in [4.69, 9.17) is 0 Å². The van der Waals surface area contributed by atoms with Crippen molar-refractivity contribution in [1.29, 1.82) is 0 Å². The van der Waals surface area contributed by atoms with Gasteiger partial charge in [0, 0.05) is 82.0 Å². The molecule has 6 aliphatic heterocycles. The Kier molecular flexibility index (Phi) is 33.6. The van der Waals surface area contributed by atoms with Crippen LogP contribution in [-0.2, 0) is 37.0 Å². The molecule has 0 aromatic heterocycles. The van der Waals surface area contributed by atoms with E-state index in [2.05, 4.69) is 347 Å². The molecule has 0 radical (unpaired) electrons. The second-order valence-electron chi connectivity index (χ2n) is 43.3. The molecular formula is C109H164F2N6. The van der Waals surface area contributed by atoms with E-state index in [1.165, 1.54) is 164 Å². The van der Waals surface area contributed by atoms with E-state index in [1.807, 2.05) is 12.1 Å². The van der Waals surface area contributed by atoms with E-state index in [-0.39, 0.29) is 50.3 Å². The number of hydrogen-bond acceptors (Lipinski definition) is 6. The molecule has 1 aliphatic carbocycles. The van der Waals surface area contributed by atoms with Crippen LogP contribution in [0, 0.1) is 11.8 Å². The highest BCUT2D eigenvalue weighted by Gasteiger charge is 2.42. The zero-order valence-electron chi connectivity index (χ0n) is 78.7. The number of aryl methyl sites for hydroxylation is 1. The number of alkyl halides is 2. The van der Waals surface area contributed by atoms with Gasteiger partial charge >= 0.3 is 0 Å². The molecule has 0 bridgehead atoms. The smallest absolute Gasteiger partial charge is 0.270 e. The first-order valence-corrected chi connectivity index (χ1v) is 46.5. The Bertz CT molecular complexity index is 3950. The van der Waals surface area contributed by atoms with Crippen molar-refractivity contribution in [1.82, 2.24) is 29.4 Å². The number of unbranched alkanes of at least 4 members (excludes halogenated alkanes) is 1. The van der Waals surface area contributed by atoms with Crippen LogP contribution < -0.4 is 0 Å². The molecule has 6 atom stereocenters. The highest BCUT2D eigenvalue weighted by molar-refractivity contribution is 5.40. The van der Waals surface area contributed by atoms with Gasteiger partial charge in [-0.2, -0.15) is 0 Å². The molecule has 7 fully saturated rings. The molecule has 0 N–H and O–H groups in total. The summed E-state index contributed by atoms with van der Waals surface area (Å²) in [6, 6.07) is 66.4. The van der Waals surface area contributed by atoms with Crippen LogP contribution in [0.2, 0.25) is 0 Å². The lowest BCUT2D eigenvalue weighted by molar-refractivity contribution is 0.0140. The minimum Gasteiger partial charge on any atom is -0.291 e. The van der Waals surface area contributed by atoms with E-state index >= 15 is 0 Å². The minimum absolute atomic E-state index is 0.0112. The zero-order valence-corrected chi connectivity index (χ0v) is 78.7. The van der Waals surface area contributed by atoms with Crippen molar-refractivity contribution in [3.8, 4) is 0 Å². The van der Waals surface area contributed by atoms with Crippen molar-refractivity contribution in [3.05, 3.63) is 248 Å². The molecule has 0 spiro atoms. The van der Waals surface area contributed by atoms with Gasteiger partial charge in [-0.1, -0.05) is 224 Å². The largest absolute Gasteiger partial charge is 0.291 e. The molecule has 1 saturated carbocycles. The quantitative estimate of drug-likeness (QED) is 0.0954. The average molecular weight is 1600 g/mol. The van der Waals surface area contributed by atoms with E-state index in [9.17, 15) is 8.78 Å². The second-order valence-corrected chi connectivity index (χ2v) is 43.3. The molecule has 7 aromatic rings. The van der Waals surface area contributed by atoms with E-state index < -0.39 is 5.92 Å². The van der Waals surface area contributed by atoms with Crippen molar-refractivity contribution in [2.24, 2.45) is 11.8 Å². The van der Waals surface area contributed by atoms with Gasteiger partial charge in [0.2, 0.25) is 0 Å². The third-order valence-electron chi connectivity index (χ3n) is 26.1. The molecule has 6 nitrogen and oxygen atoms in total. The third kappa shape index (κ3) is 26.8. The molecule has 6 heterocycles. The van der Waals surface area contributed by atoms with Gasteiger partial charge in [-0.3, -0.25) is 29.4 Å². The van der Waals surface area contributed by atoms with Gasteiger partial charge in [-0.05, 0) is 370 Å². The Labute approximate surface area is 715 Å². The standard InChI is InChI=1S/C21H27N.C18H27N.3C18H29N.C16H23F2N/c1-21(2,3)22-15-9-14-20(22)19-13-8-7-12-18(19)16-17-10-5-4-6-11-17;1-18(2,3)19-12-6-9-17(19)16-8-5-4-7-15(16)13-14-10-11-14;1-17(2,3)15-11-8-7-10-14(15)16-12-9-13-19(16)18(4,5)6;1-14(2)13-15-9-6-7-10-16(15)17-11-8-12-19(17)18(3,4)5;1-5-6-10-15-11-7-8-12-16(15)17-13-9-14-19(17)18(2,3)4;1-15(2,3)19-11-7-10-14(19)12-8-5-6-9-13(12)16(4,17)18/h4-8,10-13,20H,9,14-16H2,1-3H3;4-5,7-8,14,17H,6,9-13H2,1-3H3;7-8,10-11,16H,9,12-13H2,1-6H3;6-7,9-10,14,17H,8,11-13H2,1-5H3;7-8,11-12,17H,5-6,9-10,13-14H2,1-4H3;5-6,8-9,14H,7,10-11H2,1-4H3. The highest BCUT2D eigenvalue weighted by Crippen LogP contribution is 2.47. The van der Waals surface area contributed by atoms with Gasteiger partial charge in [0.05, 0.1) is 0 Å². The number of benzene rings is 7. The van der Waals surface area contributed by atoms with Gasteiger partial charge < -0.3 is 0 Å². The first-order valence-electron chi connectivity index (χ1n) is 46.5. The van der Waals surface area contributed by atoms with Crippen LogP contribution in [0.5, 0.6) is 0 Å². The summed E-state index contributed by atoms with van der Waals surface area (Å²) in [5.41, 5.74) is 19.5. The molecule has 117 heavy (non-hydrogen) atoms. The lowest BCUT2D eigenvalue weighted by Gasteiger charge is -2.39. The number of rotatable bonds is 16. The van der Waals surface area contributed by atoms with E-state index in [1.54, 1.807) is 51.1 Å². The first kappa shape index (κ1) is 95.0. The molecule has 8 heteroatoms. The summed E-state index contributed by atoms with van der Waals surface area (Å²) in [7, 11) is 0. The maximum atomic E-state index is 13.8. The molecule has 644 valence electrons. The third-order valence-corrected chi connectivity index (χ3v) is 26.1. The maximum absolute atomic E-state index is 13.8. The van der Waals surface area contributed by atoms with E-state index in [0.717, 1.165) is 50.1 Å². The Morgan fingerprint density at radius 3 is 0.915 bits per heavy atom. The molecule has 14 rings (SSSR count). The summed E-state index contributed by atoms with van der Waals surface area (Å²) in [5.74, 6) is -1.07. The molecular weight excluding hydrogens is 1430 g/mol. The number of likely N-dealkylation sites (tertiary alicyclic amines) is 6. The SMILES string of the molecule is CC(C)(C)N1CCCC1c1ccccc1CC1CC1.CC(C)(C)N1CCCC1c1ccccc1Cc1ccccc1.CC(C)(C)c1ccccc1C1CCCN1C(C)(C)C.CC(C)Cc1ccccc1C1CCCN1C(C)(C)C.CC(F)(F)c1ccccc1C1CCCN1C(C)(C)C.CCCCc1ccccc1C1CCCN1C(C)(C)C. The molecule has 7 aromatic carbocycles. The minimum atomic E-state index is -2.78. The fourth-order valence-electron chi connectivity index (χ4n) is 20.5. The molecule has 7 aliphatic rings. The fraction of sp³-hybridized carbons (Fsp3) is 0.615. The average Bonchev–Trinajstić information content (AvgIpc) is 1.78. The number of hydrogen-bond donors (Lipinski definition) is 0.